The molecule has 0 radical (unpaired) electrons. The first-order valence-corrected chi connectivity index (χ1v) is 21.3. The van der Waals surface area contributed by atoms with Gasteiger partial charge in [-0.3, -0.25) is 0 Å². The summed E-state index contributed by atoms with van der Waals surface area (Å²) in [5, 5.41) is 2.48. The number of benzene rings is 2. The van der Waals surface area contributed by atoms with Crippen LogP contribution in [-0.2, 0) is 19.8 Å². The van der Waals surface area contributed by atoms with Crippen LogP contribution in [0.25, 0.3) is 0 Å². The molecule has 1 unspecified atom stereocenters. The van der Waals surface area contributed by atoms with Crippen LogP contribution in [0.4, 0.5) is 0 Å². The van der Waals surface area contributed by atoms with Crippen molar-refractivity contribution in [1.29, 1.82) is 0 Å². The lowest BCUT2D eigenvalue weighted by Gasteiger charge is -2.43. The maximum atomic E-state index is 13.7. The first-order valence-electron chi connectivity index (χ1n) is 15.4. The van der Waals surface area contributed by atoms with Gasteiger partial charge in [0.05, 0.1) is 17.3 Å². The van der Waals surface area contributed by atoms with Crippen LogP contribution >= 0.6 is 0 Å². The van der Waals surface area contributed by atoms with Crippen LogP contribution in [0.1, 0.15) is 75.2 Å². The van der Waals surface area contributed by atoms with Gasteiger partial charge in [-0.25, -0.2) is 4.21 Å². The second-order valence-corrected chi connectivity index (χ2v) is 25.9. The van der Waals surface area contributed by atoms with Gasteiger partial charge in [0.25, 0.3) is 8.32 Å². The lowest BCUT2D eigenvalue weighted by atomic mass is 10.2. The molecule has 43 heavy (non-hydrogen) atoms. The highest BCUT2D eigenvalue weighted by molar-refractivity contribution is 7.84. The molecule has 0 aliphatic rings. The smallest absolute Gasteiger partial charge is 0.261 e. The summed E-state index contributed by atoms with van der Waals surface area (Å²) in [4.78, 5) is 0. The summed E-state index contributed by atoms with van der Waals surface area (Å²) in [7, 11) is -5.90. The normalized spacial score (nSPS) is 14.5. The van der Waals surface area contributed by atoms with Gasteiger partial charge in [0, 0.05) is 19.6 Å². The monoisotopic (exact) mass is 637 g/mol. The molecule has 0 aliphatic carbocycles. The number of hydrogen-bond acceptors (Lipinski definition) is 3. The Kier molecular flexibility index (Phi) is 13.3. The van der Waals surface area contributed by atoms with E-state index in [1.807, 2.05) is 25.1 Å². The average Bonchev–Trinajstić information content (AvgIpc) is 2.91. The van der Waals surface area contributed by atoms with Crippen LogP contribution in [0.2, 0.25) is 23.2 Å². The molecule has 7 heteroatoms. The van der Waals surface area contributed by atoms with Crippen LogP contribution in [0.15, 0.2) is 60.7 Å². The van der Waals surface area contributed by atoms with E-state index < -0.39 is 32.4 Å². The first-order chi connectivity index (χ1) is 19.9. The number of hydrogen-bond donors (Lipinski definition) is 0. The molecule has 4 nitrogen and oxygen atoms in total. The van der Waals surface area contributed by atoms with Gasteiger partial charge < -0.3 is 8.85 Å². The molecule has 2 aromatic carbocycles. The minimum Gasteiger partial charge on any atom is -0.416 e. The van der Waals surface area contributed by atoms with Crippen LogP contribution in [0.3, 0.4) is 0 Å². The van der Waals surface area contributed by atoms with Crippen molar-refractivity contribution in [2.45, 2.75) is 109 Å². The minimum absolute atomic E-state index is 0.134. The van der Waals surface area contributed by atoms with Gasteiger partial charge in [-0.05, 0) is 60.7 Å². The fraction of sp³-hybridized carbons (Fsp3) is 0.556. The zero-order valence-electron chi connectivity index (χ0n) is 28.5. The summed E-state index contributed by atoms with van der Waals surface area (Å²) in [6, 6.07) is 21.0. The van der Waals surface area contributed by atoms with E-state index in [-0.39, 0.29) is 22.7 Å². The van der Waals surface area contributed by atoms with Crippen molar-refractivity contribution in [3.63, 3.8) is 0 Å². The Hall–Kier alpha value is -1.98. The molecular weight excluding hydrogens is 583 g/mol. The number of nitrogens with zero attached hydrogens (tertiary/aromatic N) is 1. The van der Waals surface area contributed by atoms with Crippen LogP contribution < -0.4 is 10.4 Å². The van der Waals surface area contributed by atoms with Crippen molar-refractivity contribution in [2.75, 3.05) is 19.8 Å². The second-order valence-electron chi connectivity index (χ2n) is 14.6. The fourth-order valence-electron chi connectivity index (χ4n) is 4.86. The third kappa shape index (κ3) is 9.75. The topological polar surface area (TPSA) is 38.8 Å². The minimum atomic E-state index is -2.71. The summed E-state index contributed by atoms with van der Waals surface area (Å²) < 4.78 is 28.6. The SMILES string of the molecule is C#CCN(C(C#CCCO[Si](C)(C)C(C)(C)C)CCO[Si](c1ccccc1)(c1ccccc1)C(C)(C)C)[S@](=O)C(C)(C)C. The second kappa shape index (κ2) is 15.3. The number of rotatable bonds is 12. The number of terminal acetylenes is 1. The van der Waals surface area contributed by atoms with Gasteiger partial charge in [0.15, 0.2) is 8.32 Å². The Labute approximate surface area is 268 Å². The molecule has 2 rings (SSSR count). The van der Waals surface area contributed by atoms with E-state index >= 15 is 0 Å². The van der Waals surface area contributed by atoms with E-state index in [0.29, 0.717) is 26.1 Å². The Morgan fingerprint density at radius 2 is 1.33 bits per heavy atom. The largest absolute Gasteiger partial charge is 0.416 e. The molecule has 0 saturated heterocycles. The standard InChI is InChI=1S/C36H55NO3SSi2/c1-13-28-37(41(38)34(2,3)4)31(22-20-21-29-39-42(11,12)35(5,6)7)27-30-40-43(36(8,9)10,32-23-16-14-17-24-32)33-25-18-15-19-26-33/h1,14-19,23-26,31H,21,27-30H2,2-12H3/t31?,41-/m1/s1. The van der Waals surface area contributed by atoms with Crippen molar-refractivity contribution in [2.24, 2.45) is 0 Å². The highest BCUT2D eigenvalue weighted by Crippen LogP contribution is 2.37. The zero-order valence-corrected chi connectivity index (χ0v) is 31.4. The molecule has 0 amide bonds. The van der Waals surface area contributed by atoms with Crippen molar-refractivity contribution in [1.82, 2.24) is 4.31 Å². The molecule has 0 heterocycles. The average molecular weight is 638 g/mol. The third-order valence-electron chi connectivity index (χ3n) is 8.22. The Morgan fingerprint density at radius 1 is 0.814 bits per heavy atom. The van der Waals surface area contributed by atoms with Crippen molar-refractivity contribution in [3.8, 4) is 24.2 Å². The van der Waals surface area contributed by atoms with Gasteiger partial charge in [-0.15, -0.1) is 6.42 Å². The Bertz CT molecular complexity index is 1230. The van der Waals surface area contributed by atoms with E-state index in [1.165, 1.54) is 10.4 Å². The lowest BCUT2D eigenvalue weighted by molar-refractivity contribution is 0.262. The van der Waals surface area contributed by atoms with Gasteiger partial charge >= 0.3 is 0 Å². The fourth-order valence-corrected chi connectivity index (χ4v) is 11.8. The van der Waals surface area contributed by atoms with E-state index in [4.69, 9.17) is 15.3 Å². The lowest BCUT2D eigenvalue weighted by Crippen LogP contribution is -2.66. The molecule has 0 saturated carbocycles. The molecule has 0 bridgehead atoms. The summed E-state index contributed by atoms with van der Waals surface area (Å²) >= 11 is 0. The summed E-state index contributed by atoms with van der Waals surface area (Å²) in [5.74, 6) is 9.54. The van der Waals surface area contributed by atoms with E-state index in [9.17, 15) is 4.21 Å². The quantitative estimate of drug-likeness (QED) is 0.141. The van der Waals surface area contributed by atoms with E-state index in [2.05, 4.69) is 133 Å². The highest BCUT2D eigenvalue weighted by atomic mass is 32.2. The molecule has 236 valence electrons. The van der Waals surface area contributed by atoms with Gasteiger partial charge in [-0.2, -0.15) is 4.31 Å². The van der Waals surface area contributed by atoms with Gasteiger partial charge in [0.1, 0.15) is 11.0 Å². The maximum absolute atomic E-state index is 13.7. The van der Waals surface area contributed by atoms with E-state index in [0.717, 1.165) is 0 Å². The summed E-state index contributed by atoms with van der Waals surface area (Å²) in [6.45, 7) is 25.3. The molecule has 0 fully saturated rings. The third-order valence-corrected chi connectivity index (χ3v) is 19.7. The predicted molar refractivity (Wildman–Crippen MR) is 191 cm³/mol. The molecular formula is C36H55NO3SSi2. The maximum Gasteiger partial charge on any atom is 0.261 e. The molecule has 0 aliphatic heterocycles. The van der Waals surface area contributed by atoms with Crippen LogP contribution in [-0.4, -0.2) is 55.7 Å². The molecule has 0 spiro atoms. The summed E-state index contributed by atoms with van der Waals surface area (Å²) in [5.41, 5.74) is 0. The van der Waals surface area contributed by atoms with Crippen molar-refractivity contribution < 1.29 is 13.1 Å². The van der Waals surface area contributed by atoms with Crippen molar-refractivity contribution in [3.05, 3.63) is 60.7 Å². The Balaban J connectivity index is 2.43. The summed E-state index contributed by atoms with van der Waals surface area (Å²) in [6.07, 6.45) is 7.01. The predicted octanol–water partition coefficient (Wildman–Crippen LogP) is 7.13. The van der Waals surface area contributed by atoms with Crippen LogP contribution in [0.5, 0.6) is 0 Å². The molecule has 2 atom stereocenters. The highest BCUT2D eigenvalue weighted by Gasteiger charge is 2.50. The Morgan fingerprint density at radius 3 is 1.74 bits per heavy atom. The first kappa shape index (κ1) is 37.2. The molecule has 0 N–H and O–H groups in total. The molecule has 0 aromatic heterocycles. The molecule has 2 aromatic rings. The van der Waals surface area contributed by atoms with Crippen LogP contribution in [0, 0.1) is 24.2 Å². The zero-order chi connectivity index (χ0) is 32.5. The van der Waals surface area contributed by atoms with Gasteiger partial charge in [-0.1, -0.05) is 120 Å². The van der Waals surface area contributed by atoms with E-state index in [1.54, 1.807) is 0 Å². The van der Waals surface area contributed by atoms with Crippen molar-refractivity contribution >= 4 is 38.0 Å². The van der Waals surface area contributed by atoms with Gasteiger partial charge in [0.2, 0.25) is 0 Å².